The number of nitrogens with one attached hydrogen (secondary N) is 3. The Morgan fingerprint density at radius 3 is 2.44 bits per heavy atom. The monoisotopic (exact) mass is 870 g/mol. The highest BCUT2D eigenvalue weighted by Gasteiger charge is 2.35. The number of fused-ring (bicyclic) bond motifs is 2. The van der Waals surface area contributed by atoms with Crippen molar-refractivity contribution < 1.29 is 33.0 Å². The Bertz CT molecular complexity index is 2620. The fourth-order valence-electron chi connectivity index (χ4n) is 8.59. The molecule has 4 aliphatic rings. The van der Waals surface area contributed by atoms with Crippen LogP contribution >= 0.6 is 0 Å². The summed E-state index contributed by atoms with van der Waals surface area (Å²) in [6.07, 6.45) is 3.72. The summed E-state index contributed by atoms with van der Waals surface area (Å²) < 4.78 is 27.0. The molecule has 3 fully saturated rings. The number of benzene rings is 3. The van der Waals surface area contributed by atoms with Gasteiger partial charge in [0, 0.05) is 92.1 Å². The number of ether oxygens (including phenoxy) is 2. The van der Waals surface area contributed by atoms with Gasteiger partial charge in [-0.15, -0.1) is 0 Å². The van der Waals surface area contributed by atoms with Crippen molar-refractivity contribution in [2.24, 2.45) is 0 Å². The number of hydrogen-bond acceptors (Lipinski definition) is 13. The summed E-state index contributed by atoms with van der Waals surface area (Å²) in [5.41, 5.74) is 5.70. The third-order valence-corrected chi connectivity index (χ3v) is 12.1. The number of piperidine rings is 1. The van der Waals surface area contributed by atoms with Crippen molar-refractivity contribution in [1.29, 1.82) is 0 Å². The summed E-state index contributed by atoms with van der Waals surface area (Å²) >= 11 is 0. The van der Waals surface area contributed by atoms with E-state index in [9.17, 15) is 19.2 Å². The van der Waals surface area contributed by atoms with Gasteiger partial charge >= 0.3 is 6.09 Å². The Kier molecular flexibility index (Phi) is 11.5. The van der Waals surface area contributed by atoms with Gasteiger partial charge in [-0.25, -0.2) is 24.1 Å². The van der Waals surface area contributed by atoms with E-state index < -0.39 is 23.6 Å². The Morgan fingerprint density at radius 2 is 1.70 bits per heavy atom. The molecule has 3 saturated heterocycles. The maximum absolute atomic E-state index is 15.5. The van der Waals surface area contributed by atoms with Crippen molar-refractivity contribution in [1.82, 2.24) is 30.1 Å². The molecular formula is C47H51FN10O6. The van der Waals surface area contributed by atoms with Gasteiger partial charge in [0.2, 0.25) is 29.5 Å². The van der Waals surface area contributed by atoms with Gasteiger partial charge in [-0.05, 0) is 93.3 Å². The van der Waals surface area contributed by atoms with Crippen molar-refractivity contribution in [3.8, 4) is 17.0 Å². The number of carbonyl (C=O) groups excluding carboxylic acids is 4. The first-order valence-electron chi connectivity index (χ1n) is 21.7. The average Bonchev–Trinajstić information content (AvgIpc) is 3.25. The topological polar surface area (TPSA) is 174 Å². The zero-order valence-corrected chi connectivity index (χ0v) is 36.3. The number of amides is 4. The second-order valence-electron chi connectivity index (χ2n) is 17.7. The van der Waals surface area contributed by atoms with E-state index in [1.54, 1.807) is 29.4 Å². The third kappa shape index (κ3) is 9.11. The van der Waals surface area contributed by atoms with Gasteiger partial charge in [0.1, 0.15) is 29.8 Å². The van der Waals surface area contributed by atoms with Crippen LogP contribution in [0.5, 0.6) is 5.88 Å². The normalized spacial score (nSPS) is 18.2. The van der Waals surface area contributed by atoms with Gasteiger partial charge in [0.05, 0.1) is 18.5 Å². The highest BCUT2D eigenvalue weighted by Crippen LogP contribution is 2.39. The molecule has 17 heteroatoms. The molecule has 1 unspecified atom stereocenters. The highest BCUT2D eigenvalue weighted by atomic mass is 19.1. The molecule has 1 atom stereocenters. The number of carbonyl (C=O) groups is 4. The molecule has 64 heavy (non-hydrogen) atoms. The van der Waals surface area contributed by atoms with Crippen molar-refractivity contribution in [2.75, 3.05) is 72.9 Å². The van der Waals surface area contributed by atoms with Crippen LogP contribution in [0.2, 0.25) is 0 Å². The van der Waals surface area contributed by atoms with Gasteiger partial charge in [0.25, 0.3) is 0 Å². The molecule has 0 saturated carbocycles. The van der Waals surface area contributed by atoms with E-state index in [1.165, 1.54) is 6.07 Å². The predicted molar refractivity (Wildman–Crippen MR) is 240 cm³/mol. The number of imide groups is 1. The van der Waals surface area contributed by atoms with Crippen LogP contribution in [0.25, 0.3) is 22.0 Å². The van der Waals surface area contributed by atoms with Crippen molar-refractivity contribution in [2.45, 2.75) is 64.6 Å². The van der Waals surface area contributed by atoms with Crippen LogP contribution in [0, 0.1) is 12.7 Å². The van der Waals surface area contributed by atoms with Crippen LogP contribution in [0.4, 0.5) is 37.9 Å². The molecule has 0 spiro atoms. The zero-order chi connectivity index (χ0) is 44.7. The lowest BCUT2D eigenvalue weighted by Gasteiger charge is -2.49. The fourth-order valence-corrected chi connectivity index (χ4v) is 8.59. The molecule has 16 nitrogen and oxygen atoms in total. The van der Waals surface area contributed by atoms with Crippen LogP contribution in [0.1, 0.15) is 44.7 Å². The lowest BCUT2D eigenvalue weighted by atomic mass is 9.99. The Balaban J connectivity index is 0.772. The number of hydrogen-bond donors (Lipinski definition) is 3. The Morgan fingerprint density at radius 1 is 0.938 bits per heavy atom. The number of nitrogens with zero attached hydrogens (tertiary/aromatic N) is 7. The first kappa shape index (κ1) is 42.4. The maximum atomic E-state index is 15.5. The first-order valence-corrected chi connectivity index (χ1v) is 21.7. The second-order valence-corrected chi connectivity index (χ2v) is 17.7. The number of anilines is 5. The van der Waals surface area contributed by atoms with E-state index in [1.807, 2.05) is 75.1 Å². The highest BCUT2D eigenvalue weighted by molar-refractivity contribution is 6.01. The summed E-state index contributed by atoms with van der Waals surface area (Å²) in [4.78, 5) is 71.9. The van der Waals surface area contributed by atoms with E-state index in [0.717, 1.165) is 59.6 Å². The van der Waals surface area contributed by atoms with E-state index in [4.69, 9.17) is 14.5 Å². The summed E-state index contributed by atoms with van der Waals surface area (Å²) in [6, 6.07) is 18.4. The molecule has 4 amide bonds. The number of halogens is 1. The van der Waals surface area contributed by atoms with Crippen LogP contribution < -0.4 is 30.5 Å². The van der Waals surface area contributed by atoms with E-state index in [-0.39, 0.29) is 30.1 Å². The average molecular weight is 871 g/mol. The lowest BCUT2D eigenvalue weighted by molar-refractivity contribution is -0.134. The molecule has 5 aromatic rings. The van der Waals surface area contributed by atoms with Gasteiger partial charge in [-0.2, -0.15) is 0 Å². The minimum absolute atomic E-state index is 0.0361. The molecule has 3 N–H and O–H groups in total. The van der Waals surface area contributed by atoms with E-state index in [2.05, 4.69) is 35.7 Å². The Labute approximate surface area is 370 Å². The van der Waals surface area contributed by atoms with Crippen molar-refractivity contribution in [3.63, 3.8) is 0 Å². The molecule has 332 valence electrons. The van der Waals surface area contributed by atoms with Crippen LogP contribution in [-0.2, 0) is 25.5 Å². The summed E-state index contributed by atoms with van der Waals surface area (Å²) in [6.45, 7) is 12.5. The number of aromatic nitrogens is 3. The minimum Gasteiger partial charge on any atom is -0.474 e. The lowest BCUT2D eigenvalue weighted by Crippen LogP contribution is -2.63. The van der Waals surface area contributed by atoms with Crippen molar-refractivity contribution >= 4 is 63.4 Å². The standard InChI is InChI=1S/C47H51FN10O6/c1-28-36(25-49-44-42(28)58(19-20-63-44)46(62)64-47(2,3)4)29-5-6-31-24-50-45(53-39(31)21-29)52-33-8-7-30(37(48)23-33)22-41(60)56-17-15-55(16-18-56)35-26-57(27-35)34-11-9-32(10-12-34)51-38-13-14-40(59)54-43(38)61/h5-12,21,23-25,35,38,51H,13-20,22,26-27H2,1-4H3,(H,50,52,53)(H,54,59,61). The molecule has 0 aliphatic carbocycles. The SMILES string of the molecule is Cc1c(-c2ccc3cnc(Nc4ccc(CC(=O)N5CCN(C6CN(c7ccc(NC8CCC(=O)NC8=O)cc7)C6)CC5)c(F)c4)nc3c2)cnc2c1N(C(=O)OC(C)(C)C)CCO2. The molecular weight excluding hydrogens is 820 g/mol. The van der Waals surface area contributed by atoms with Gasteiger partial charge in [-0.1, -0.05) is 18.2 Å². The molecule has 0 bridgehead atoms. The van der Waals surface area contributed by atoms with Crippen LogP contribution in [0.3, 0.4) is 0 Å². The number of pyridine rings is 1. The first-order chi connectivity index (χ1) is 30.7. The summed E-state index contributed by atoms with van der Waals surface area (Å²) in [5, 5.41) is 9.51. The second kappa shape index (κ2) is 17.4. The predicted octanol–water partition coefficient (Wildman–Crippen LogP) is 5.81. The molecule has 6 heterocycles. The third-order valence-electron chi connectivity index (χ3n) is 12.1. The smallest absolute Gasteiger partial charge is 0.415 e. The summed E-state index contributed by atoms with van der Waals surface area (Å²) in [5.74, 6) is -0.474. The largest absolute Gasteiger partial charge is 0.474 e. The number of rotatable bonds is 9. The Hall–Kier alpha value is -6.88. The maximum Gasteiger partial charge on any atom is 0.415 e. The van der Waals surface area contributed by atoms with Crippen LogP contribution in [-0.4, -0.2) is 119 Å². The molecule has 3 aromatic carbocycles. The van der Waals surface area contributed by atoms with Crippen molar-refractivity contribution in [3.05, 3.63) is 90.0 Å². The number of piperazine rings is 1. The van der Waals surface area contributed by atoms with Gasteiger partial charge in [-0.3, -0.25) is 29.5 Å². The fraction of sp³-hybridized carbons (Fsp3) is 0.383. The zero-order valence-electron chi connectivity index (χ0n) is 36.3. The van der Waals surface area contributed by atoms with Crippen LogP contribution in [0.15, 0.2) is 73.1 Å². The van der Waals surface area contributed by atoms with E-state index >= 15 is 4.39 Å². The molecule has 0 radical (unpaired) electrons. The molecule has 4 aliphatic heterocycles. The van der Waals surface area contributed by atoms with Gasteiger partial charge in [0.15, 0.2) is 0 Å². The quantitative estimate of drug-likeness (QED) is 0.152. The molecule has 9 rings (SSSR count). The van der Waals surface area contributed by atoms with E-state index in [0.29, 0.717) is 73.5 Å². The minimum atomic E-state index is -0.662. The van der Waals surface area contributed by atoms with Gasteiger partial charge < -0.3 is 29.9 Å². The molecule has 2 aromatic heterocycles. The summed E-state index contributed by atoms with van der Waals surface area (Å²) in [7, 11) is 0.